The van der Waals surface area contributed by atoms with Crippen LogP contribution in [0.5, 0.6) is 5.75 Å². The lowest BCUT2D eigenvalue weighted by Crippen LogP contribution is -2.34. The van der Waals surface area contributed by atoms with Crippen LogP contribution >= 0.6 is 0 Å². The van der Waals surface area contributed by atoms with E-state index in [1.807, 2.05) is 24.4 Å². The molecule has 0 saturated heterocycles. The van der Waals surface area contributed by atoms with Crippen LogP contribution in [0.1, 0.15) is 17.7 Å². The van der Waals surface area contributed by atoms with Gasteiger partial charge in [0.2, 0.25) is 0 Å². The smallest absolute Gasteiger partial charge is 0.116 e. The predicted octanol–water partition coefficient (Wildman–Crippen LogP) is 4.44. The third-order valence-electron chi connectivity index (χ3n) is 4.82. The van der Waals surface area contributed by atoms with Crippen LogP contribution in [-0.4, -0.2) is 22.7 Å². The molecule has 1 aliphatic heterocycles. The van der Waals surface area contributed by atoms with Crippen molar-refractivity contribution in [3.63, 3.8) is 0 Å². The van der Waals surface area contributed by atoms with Crippen LogP contribution in [0.25, 0.3) is 16.7 Å². The summed E-state index contributed by atoms with van der Waals surface area (Å²) in [6, 6.07) is 22.4. The maximum absolute atomic E-state index is 9.71. The van der Waals surface area contributed by atoms with Gasteiger partial charge in [-0.3, -0.25) is 4.98 Å². The molecular formula is C23H22N2O. The number of aromatic hydroxyl groups is 1. The quantitative estimate of drug-likeness (QED) is 0.737. The normalized spacial score (nSPS) is 16.9. The Hall–Kier alpha value is -2.91. The summed E-state index contributed by atoms with van der Waals surface area (Å²) < 4.78 is 0. The number of nitrogens with one attached hydrogen (secondary N) is 1. The summed E-state index contributed by atoms with van der Waals surface area (Å²) in [5.74, 6) is 0.285. The van der Waals surface area contributed by atoms with Gasteiger partial charge in [-0.15, -0.1) is 0 Å². The van der Waals surface area contributed by atoms with Gasteiger partial charge in [-0.1, -0.05) is 48.5 Å². The summed E-state index contributed by atoms with van der Waals surface area (Å²) in [7, 11) is 0. The van der Waals surface area contributed by atoms with Crippen molar-refractivity contribution in [1.82, 2.24) is 10.3 Å². The Labute approximate surface area is 154 Å². The molecule has 0 aliphatic carbocycles. The zero-order chi connectivity index (χ0) is 17.8. The minimum atomic E-state index is 0.285. The summed E-state index contributed by atoms with van der Waals surface area (Å²) >= 11 is 0. The van der Waals surface area contributed by atoms with Crippen molar-refractivity contribution < 1.29 is 5.11 Å². The second kappa shape index (κ2) is 7.54. The SMILES string of the molecule is Oc1cccc(-c2ccnc(CC3CC(c4ccccc4)=CCN3)c2)c1. The Balaban J connectivity index is 1.50. The van der Waals surface area contributed by atoms with Crippen molar-refractivity contribution in [3.8, 4) is 16.9 Å². The van der Waals surface area contributed by atoms with E-state index < -0.39 is 0 Å². The van der Waals surface area contributed by atoms with Gasteiger partial charge in [0.1, 0.15) is 5.75 Å². The molecule has 0 radical (unpaired) electrons. The molecule has 0 bridgehead atoms. The lowest BCUT2D eigenvalue weighted by molar-refractivity contribution is 0.475. The molecular weight excluding hydrogens is 320 g/mol. The highest BCUT2D eigenvalue weighted by molar-refractivity contribution is 5.67. The van der Waals surface area contributed by atoms with E-state index in [1.54, 1.807) is 12.1 Å². The highest BCUT2D eigenvalue weighted by Gasteiger charge is 2.17. The third-order valence-corrected chi connectivity index (χ3v) is 4.82. The molecule has 2 N–H and O–H groups in total. The molecule has 3 heteroatoms. The molecule has 1 aromatic heterocycles. The lowest BCUT2D eigenvalue weighted by Gasteiger charge is -2.24. The highest BCUT2D eigenvalue weighted by atomic mass is 16.3. The lowest BCUT2D eigenvalue weighted by atomic mass is 9.92. The number of phenolic OH excluding ortho intramolecular Hbond substituents is 1. The Kier molecular flexibility index (Phi) is 4.80. The minimum Gasteiger partial charge on any atom is -0.508 e. The molecule has 2 aromatic carbocycles. The first-order chi connectivity index (χ1) is 12.8. The largest absolute Gasteiger partial charge is 0.508 e. The molecule has 0 fully saturated rings. The molecule has 4 rings (SSSR count). The first-order valence-electron chi connectivity index (χ1n) is 9.00. The summed E-state index contributed by atoms with van der Waals surface area (Å²) in [6.07, 6.45) is 6.02. The third kappa shape index (κ3) is 3.84. The number of nitrogens with zero attached hydrogens (tertiary/aromatic N) is 1. The van der Waals surface area contributed by atoms with E-state index in [0.29, 0.717) is 6.04 Å². The van der Waals surface area contributed by atoms with Gasteiger partial charge in [0.15, 0.2) is 0 Å². The zero-order valence-corrected chi connectivity index (χ0v) is 14.6. The van der Waals surface area contributed by atoms with Gasteiger partial charge in [0, 0.05) is 30.9 Å². The molecule has 0 spiro atoms. The van der Waals surface area contributed by atoms with Crippen LogP contribution in [0.2, 0.25) is 0 Å². The van der Waals surface area contributed by atoms with E-state index in [4.69, 9.17) is 0 Å². The van der Waals surface area contributed by atoms with Crippen LogP contribution < -0.4 is 5.32 Å². The predicted molar refractivity (Wildman–Crippen MR) is 106 cm³/mol. The standard InChI is InChI=1S/C23H22N2O/c26-23-8-4-7-18(15-23)20-10-12-25-22(14-20)16-21-13-19(9-11-24-21)17-5-2-1-3-6-17/h1-10,12,14-15,21,24,26H,11,13,16H2. The molecule has 1 atom stereocenters. The molecule has 130 valence electrons. The molecule has 2 heterocycles. The number of hydrogen-bond acceptors (Lipinski definition) is 3. The van der Waals surface area contributed by atoms with Gasteiger partial charge in [0.05, 0.1) is 0 Å². The Morgan fingerprint density at radius 2 is 1.73 bits per heavy atom. The maximum atomic E-state index is 9.71. The van der Waals surface area contributed by atoms with E-state index in [-0.39, 0.29) is 5.75 Å². The van der Waals surface area contributed by atoms with Crippen LogP contribution in [0, 0.1) is 0 Å². The molecule has 1 aliphatic rings. The number of hydrogen-bond donors (Lipinski definition) is 2. The summed E-state index contributed by atoms with van der Waals surface area (Å²) in [5, 5.41) is 13.3. The van der Waals surface area contributed by atoms with Gasteiger partial charge in [-0.05, 0) is 52.9 Å². The topological polar surface area (TPSA) is 45.2 Å². The first kappa shape index (κ1) is 16.6. The Morgan fingerprint density at radius 1 is 0.923 bits per heavy atom. The van der Waals surface area contributed by atoms with Crippen LogP contribution in [0.15, 0.2) is 79.0 Å². The number of pyridine rings is 1. The van der Waals surface area contributed by atoms with E-state index in [0.717, 1.165) is 36.2 Å². The average molecular weight is 342 g/mol. The zero-order valence-electron chi connectivity index (χ0n) is 14.6. The summed E-state index contributed by atoms with van der Waals surface area (Å²) in [5.41, 5.74) is 5.87. The molecule has 0 saturated carbocycles. The van der Waals surface area contributed by atoms with Gasteiger partial charge in [0.25, 0.3) is 0 Å². The maximum Gasteiger partial charge on any atom is 0.116 e. The van der Waals surface area contributed by atoms with Gasteiger partial charge >= 0.3 is 0 Å². The van der Waals surface area contributed by atoms with Gasteiger partial charge in [-0.2, -0.15) is 0 Å². The second-order valence-corrected chi connectivity index (χ2v) is 6.69. The molecule has 1 unspecified atom stereocenters. The van der Waals surface area contributed by atoms with Crippen molar-refractivity contribution in [3.05, 3.63) is 90.3 Å². The van der Waals surface area contributed by atoms with Crippen molar-refractivity contribution in [1.29, 1.82) is 0 Å². The number of benzene rings is 2. The number of aromatic nitrogens is 1. The molecule has 0 amide bonds. The van der Waals surface area contributed by atoms with Gasteiger partial charge in [-0.25, -0.2) is 0 Å². The number of phenols is 1. The fourth-order valence-electron chi connectivity index (χ4n) is 3.51. The second-order valence-electron chi connectivity index (χ2n) is 6.69. The fraction of sp³-hybridized carbons (Fsp3) is 0.174. The van der Waals surface area contributed by atoms with Crippen LogP contribution in [0.3, 0.4) is 0 Å². The van der Waals surface area contributed by atoms with Crippen LogP contribution in [-0.2, 0) is 6.42 Å². The summed E-state index contributed by atoms with van der Waals surface area (Å²) in [6.45, 7) is 0.890. The van der Waals surface area contributed by atoms with E-state index >= 15 is 0 Å². The molecule has 26 heavy (non-hydrogen) atoms. The molecule has 3 nitrogen and oxygen atoms in total. The van der Waals surface area contributed by atoms with Crippen molar-refractivity contribution in [2.24, 2.45) is 0 Å². The average Bonchev–Trinajstić information content (AvgIpc) is 2.69. The fourth-order valence-corrected chi connectivity index (χ4v) is 3.51. The van der Waals surface area contributed by atoms with Gasteiger partial charge < -0.3 is 10.4 Å². The van der Waals surface area contributed by atoms with Crippen molar-refractivity contribution >= 4 is 5.57 Å². The van der Waals surface area contributed by atoms with E-state index in [1.165, 1.54) is 11.1 Å². The monoisotopic (exact) mass is 342 g/mol. The Bertz CT molecular complexity index is 918. The first-order valence-corrected chi connectivity index (χ1v) is 9.00. The van der Waals surface area contributed by atoms with Crippen molar-refractivity contribution in [2.75, 3.05) is 6.54 Å². The summed E-state index contributed by atoms with van der Waals surface area (Å²) in [4.78, 5) is 4.56. The van der Waals surface area contributed by atoms with Crippen LogP contribution in [0.4, 0.5) is 0 Å². The van der Waals surface area contributed by atoms with E-state index in [9.17, 15) is 5.11 Å². The Morgan fingerprint density at radius 3 is 2.58 bits per heavy atom. The highest BCUT2D eigenvalue weighted by Crippen LogP contribution is 2.26. The number of rotatable bonds is 4. The van der Waals surface area contributed by atoms with Crippen molar-refractivity contribution in [2.45, 2.75) is 18.9 Å². The van der Waals surface area contributed by atoms with E-state index in [2.05, 4.69) is 52.8 Å². The molecule has 3 aromatic rings. The minimum absolute atomic E-state index is 0.285.